The summed E-state index contributed by atoms with van der Waals surface area (Å²) < 4.78 is 37.2. The Hall–Kier alpha value is -3.27. The summed E-state index contributed by atoms with van der Waals surface area (Å²) in [6.45, 7) is 0. The number of anilines is 1. The highest BCUT2D eigenvalue weighted by atomic mass is 32.2. The van der Waals surface area contributed by atoms with Crippen molar-refractivity contribution in [3.05, 3.63) is 57.4 Å². The van der Waals surface area contributed by atoms with Crippen LogP contribution in [0.1, 0.15) is 0 Å². The molecule has 0 saturated heterocycles. The molecule has 0 spiro atoms. The molecule has 1 N–H and O–H groups in total. The summed E-state index contributed by atoms with van der Waals surface area (Å²) in [7, 11) is 0.877. The number of rotatable bonds is 3. The van der Waals surface area contributed by atoms with Gasteiger partial charge in [-0.15, -0.1) is 0 Å². The number of hydrogen-bond donors (Lipinski definition) is 1. The lowest BCUT2D eigenvalue weighted by atomic mass is 10.3. The molecule has 0 unspecified atom stereocenters. The van der Waals surface area contributed by atoms with Gasteiger partial charge in [0.1, 0.15) is 0 Å². The Balaban J connectivity index is 1.77. The van der Waals surface area contributed by atoms with Crippen molar-refractivity contribution in [1.29, 1.82) is 0 Å². The number of nitrogens with one attached hydrogen (secondary N) is 1. The van der Waals surface area contributed by atoms with Gasteiger partial charge in [-0.1, -0.05) is 0 Å². The van der Waals surface area contributed by atoms with Crippen LogP contribution in [0.4, 0.5) is 5.69 Å². The number of benzene rings is 2. The van der Waals surface area contributed by atoms with Crippen molar-refractivity contribution in [2.24, 2.45) is 21.1 Å². The summed E-state index contributed by atoms with van der Waals surface area (Å²) in [5.74, 6) is -0.527. The second-order valence-corrected chi connectivity index (χ2v) is 7.95. The molecule has 140 valence electrons. The minimum absolute atomic E-state index is 0.0193. The minimum atomic E-state index is -3.90. The fraction of sp³-hybridized carbons (Fsp3) is 0.176. The zero-order valence-corrected chi connectivity index (χ0v) is 15.6. The van der Waals surface area contributed by atoms with E-state index in [9.17, 15) is 18.0 Å². The number of aryl methyl sites for hydroxylation is 3. The highest BCUT2D eigenvalue weighted by Gasteiger charge is 2.18. The van der Waals surface area contributed by atoms with Crippen LogP contribution in [-0.2, 0) is 31.2 Å². The van der Waals surface area contributed by atoms with Crippen molar-refractivity contribution in [1.82, 2.24) is 13.7 Å². The number of sulfonamides is 1. The number of aromatic nitrogens is 3. The number of fused-ring (bicyclic) bond motifs is 2. The van der Waals surface area contributed by atoms with E-state index in [1.165, 1.54) is 31.9 Å². The number of nitrogens with zero attached hydrogens (tertiary/aromatic N) is 3. The van der Waals surface area contributed by atoms with Gasteiger partial charge in [0, 0.05) is 27.2 Å². The van der Waals surface area contributed by atoms with Gasteiger partial charge in [-0.25, -0.2) is 18.0 Å². The maximum absolute atomic E-state index is 12.8. The zero-order valence-electron chi connectivity index (χ0n) is 14.8. The molecule has 4 rings (SSSR count). The molecule has 0 saturated carbocycles. The second kappa shape index (κ2) is 5.61. The molecule has 27 heavy (non-hydrogen) atoms. The molecular formula is C17H16N4O5S. The topological polar surface area (TPSA) is 108 Å². The zero-order chi connectivity index (χ0) is 19.5. The Labute approximate surface area is 153 Å². The SMILES string of the molecule is Cn1c(=O)oc2cc(NS(=O)(=O)c3ccc4c(c3)n(C)c(=O)n4C)ccc21. The quantitative estimate of drug-likeness (QED) is 0.566. The monoisotopic (exact) mass is 388 g/mol. The Morgan fingerprint density at radius 2 is 1.52 bits per heavy atom. The molecular weight excluding hydrogens is 372 g/mol. The first-order valence-corrected chi connectivity index (χ1v) is 9.45. The van der Waals surface area contributed by atoms with E-state index >= 15 is 0 Å². The summed E-state index contributed by atoms with van der Waals surface area (Å²) in [6.07, 6.45) is 0. The van der Waals surface area contributed by atoms with Crippen molar-refractivity contribution >= 4 is 37.8 Å². The third kappa shape index (κ3) is 2.56. The number of hydrogen-bond acceptors (Lipinski definition) is 5. The van der Waals surface area contributed by atoms with Gasteiger partial charge in [0.2, 0.25) is 0 Å². The highest BCUT2D eigenvalue weighted by Crippen LogP contribution is 2.23. The Bertz CT molecular complexity index is 1440. The molecule has 2 aromatic carbocycles. The van der Waals surface area contributed by atoms with Crippen molar-refractivity contribution in [2.45, 2.75) is 4.90 Å². The Morgan fingerprint density at radius 1 is 0.852 bits per heavy atom. The smallest absolute Gasteiger partial charge is 0.408 e. The molecule has 0 aliphatic rings. The van der Waals surface area contributed by atoms with E-state index in [4.69, 9.17) is 4.42 Å². The fourth-order valence-corrected chi connectivity index (χ4v) is 4.13. The molecule has 0 radical (unpaired) electrons. The lowest BCUT2D eigenvalue weighted by Gasteiger charge is -2.08. The molecule has 10 heteroatoms. The van der Waals surface area contributed by atoms with Crippen molar-refractivity contribution < 1.29 is 12.8 Å². The van der Waals surface area contributed by atoms with Crippen LogP contribution in [0.15, 0.2) is 55.3 Å². The van der Waals surface area contributed by atoms with Crippen LogP contribution in [0.25, 0.3) is 22.1 Å². The van der Waals surface area contributed by atoms with Crippen LogP contribution < -0.4 is 16.2 Å². The van der Waals surface area contributed by atoms with Gasteiger partial charge in [-0.3, -0.25) is 18.4 Å². The van der Waals surface area contributed by atoms with Crippen LogP contribution >= 0.6 is 0 Å². The Morgan fingerprint density at radius 3 is 2.26 bits per heavy atom. The first-order chi connectivity index (χ1) is 12.7. The van der Waals surface area contributed by atoms with Gasteiger partial charge in [-0.2, -0.15) is 0 Å². The first-order valence-electron chi connectivity index (χ1n) is 7.97. The predicted molar refractivity (Wildman–Crippen MR) is 100 cm³/mol. The van der Waals surface area contributed by atoms with E-state index in [0.717, 1.165) is 0 Å². The normalized spacial score (nSPS) is 12.1. The van der Waals surface area contributed by atoms with E-state index in [1.807, 2.05) is 0 Å². The molecule has 2 aromatic heterocycles. The Kier molecular flexibility index (Phi) is 3.57. The molecule has 0 aliphatic carbocycles. The van der Waals surface area contributed by atoms with E-state index < -0.39 is 15.8 Å². The third-order valence-corrected chi connectivity index (χ3v) is 5.98. The van der Waals surface area contributed by atoms with Crippen molar-refractivity contribution in [3.8, 4) is 0 Å². The van der Waals surface area contributed by atoms with Crippen LogP contribution in [0.3, 0.4) is 0 Å². The van der Waals surface area contributed by atoms with E-state index in [-0.39, 0.29) is 21.9 Å². The van der Waals surface area contributed by atoms with Gasteiger partial charge in [0.15, 0.2) is 5.58 Å². The van der Waals surface area contributed by atoms with E-state index in [1.54, 1.807) is 39.3 Å². The van der Waals surface area contributed by atoms with E-state index in [0.29, 0.717) is 16.6 Å². The first kappa shape index (κ1) is 17.2. The fourth-order valence-electron chi connectivity index (χ4n) is 3.07. The molecule has 0 bridgehead atoms. The summed E-state index contributed by atoms with van der Waals surface area (Å²) in [5, 5.41) is 0. The van der Waals surface area contributed by atoms with Crippen LogP contribution in [0.5, 0.6) is 0 Å². The van der Waals surface area contributed by atoms with Gasteiger partial charge in [-0.05, 0) is 30.3 Å². The summed E-state index contributed by atoms with van der Waals surface area (Å²) >= 11 is 0. The van der Waals surface area contributed by atoms with Crippen molar-refractivity contribution in [3.63, 3.8) is 0 Å². The number of oxazole rings is 1. The van der Waals surface area contributed by atoms with Gasteiger partial charge >= 0.3 is 11.4 Å². The summed E-state index contributed by atoms with van der Waals surface area (Å²) in [4.78, 5) is 23.6. The molecule has 2 heterocycles. The largest absolute Gasteiger partial charge is 0.419 e. The van der Waals surface area contributed by atoms with Crippen molar-refractivity contribution in [2.75, 3.05) is 4.72 Å². The molecule has 0 amide bonds. The molecule has 0 atom stereocenters. The van der Waals surface area contributed by atoms with Crippen LogP contribution in [0.2, 0.25) is 0 Å². The highest BCUT2D eigenvalue weighted by molar-refractivity contribution is 7.92. The molecule has 4 aromatic rings. The minimum Gasteiger partial charge on any atom is -0.408 e. The second-order valence-electron chi connectivity index (χ2n) is 6.27. The van der Waals surface area contributed by atoms with Crippen LogP contribution in [0, 0.1) is 0 Å². The number of imidazole rings is 1. The summed E-state index contributed by atoms with van der Waals surface area (Å²) in [6, 6.07) is 9.06. The lowest BCUT2D eigenvalue weighted by Crippen LogP contribution is -2.19. The third-order valence-electron chi connectivity index (χ3n) is 4.60. The maximum atomic E-state index is 12.8. The standard InChI is InChI=1S/C17H16N4O5S/c1-19-12-7-5-11(9-14(12)20(2)16(19)22)27(24,25)18-10-4-6-13-15(8-10)26-17(23)21(13)3/h4-9,18H,1-3H3. The van der Waals surface area contributed by atoms with Gasteiger partial charge in [0.25, 0.3) is 10.0 Å². The average Bonchev–Trinajstić information content (AvgIpc) is 3.03. The molecule has 0 aliphatic heterocycles. The molecule has 9 nitrogen and oxygen atoms in total. The van der Waals surface area contributed by atoms with Gasteiger partial charge in [0.05, 0.1) is 27.1 Å². The average molecular weight is 388 g/mol. The maximum Gasteiger partial charge on any atom is 0.419 e. The van der Waals surface area contributed by atoms with Gasteiger partial charge < -0.3 is 4.42 Å². The van der Waals surface area contributed by atoms with E-state index in [2.05, 4.69) is 4.72 Å². The summed E-state index contributed by atoms with van der Waals surface area (Å²) in [5.41, 5.74) is 2.01. The van der Waals surface area contributed by atoms with Crippen LogP contribution in [-0.4, -0.2) is 22.1 Å². The lowest BCUT2D eigenvalue weighted by molar-refractivity contribution is 0.528. The molecule has 0 fully saturated rings. The predicted octanol–water partition coefficient (Wildman–Crippen LogP) is 1.12.